The first kappa shape index (κ1) is 12.5. The summed E-state index contributed by atoms with van der Waals surface area (Å²) in [6.07, 6.45) is 1.52. The molecule has 1 N–H and O–H groups in total. The van der Waals surface area contributed by atoms with Crippen LogP contribution < -0.4 is 5.32 Å². The van der Waals surface area contributed by atoms with E-state index >= 15 is 0 Å². The highest BCUT2D eigenvalue weighted by molar-refractivity contribution is 5.78. The van der Waals surface area contributed by atoms with E-state index in [1.54, 1.807) is 0 Å². The van der Waals surface area contributed by atoms with Gasteiger partial charge in [-0.3, -0.25) is 5.32 Å². The summed E-state index contributed by atoms with van der Waals surface area (Å²) in [5.74, 6) is 0. The first-order valence-electron chi connectivity index (χ1n) is 6.51. The van der Waals surface area contributed by atoms with Crippen molar-refractivity contribution >= 4 is 12.2 Å². The fourth-order valence-electron chi connectivity index (χ4n) is 2.36. The average molecular weight is 265 g/mol. The molecule has 20 heavy (non-hydrogen) atoms. The third-order valence-electron chi connectivity index (χ3n) is 3.48. The highest BCUT2D eigenvalue weighted by Crippen LogP contribution is 2.37. The van der Waals surface area contributed by atoms with Crippen LogP contribution in [0.3, 0.4) is 0 Å². The molecule has 100 valence electrons. The maximum atomic E-state index is 11.7. The zero-order chi connectivity index (χ0) is 14.0. The average Bonchev–Trinajstić information content (AvgIpc) is 2.76. The predicted molar refractivity (Wildman–Crippen MR) is 77.8 cm³/mol. The molecule has 1 aliphatic heterocycles. The Hall–Kier alpha value is -2.55. The van der Waals surface area contributed by atoms with Gasteiger partial charge in [0.2, 0.25) is 0 Å². The fourth-order valence-corrected chi connectivity index (χ4v) is 2.36. The number of benzene rings is 2. The molecule has 1 fully saturated rings. The first-order valence-corrected chi connectivity index (χ1v) is 6.51. The predicted octanol–water partition coefficient (Wildman–Crippen LogP) is 3.68. The Kier molecular flexibility index (Phi) is 3.03. The smallest absolute Gasteiger partial charge is 0.412 e. The molecule has 1 amide bonds. The van der Waals surface area contributed by atoms with Gasteiger partial charge in [0.05, 0.1) is 5.70 Å². The van der Waals surface area contributed by atoms with Crippen molar-refractivity contribution in [2.45, 2.75) is 12.5 Å². The lowest BCUT2D eigenvalue weighted by Crippen LogP contribution is -2.24. The summed E-state index contributed by atoms with van der Waals surface area (Å²) in [7, 11) is 0. The third-order valence-corrected chi connectivity index (χ3v) is 3.48. The minimum Gasteiger partial charge on any atom is -0.432 e. The normalized spacial score (nSPS) is 23.4. The van der Waals surface area contributed by atoms with Crippen LogP contribution in [0, 0.1) is 0 Å². The second-order valence-corrected chi connectivity index (χ2v) is 4.88. The van der Waals surface area contributed by atoms with Crippen LogP contribution in [-0.4, -0.2) is 6.09 Å². The summed E-state index contributed by atoms with van der Waals surface area (Å²) < 4.78 is 5.50. The van der Waals surface area contributed by atoms with Crippen LogP contribution in [0.5, 0.6) is 0 Å². The molecule has 2 aromatic rings. The highest BCUT2D eigenvalue weighted by atomic mass is 16.6. The Morgan fingerprint density at radius 1 is 1.00 bits per heavy atom. The standard InChI is InChI=1S/C17H15NO2/c1-17(14-10-6-3-7-11-14)15(18-16(19)20-17)12-13-8-4-2-5-9-13/h2-12H,1H3,(H,18,19)/b15-12-/t17-/m1/s1. The molecule has 1 saturated heterocycles. The summed E-state index contributed by atoms with van der Waals surface area (Å²) in [6.45, 7) is 1.90. The number of alkyl carbamates (subject to hydrolysis) is 1. The van der Waals surface area contributed by atoms with E-state index in [0.717, 1.165) is 16.8 Å². The van der Waals surface area contributed by atoms with Crippen LogP contribution >= 0.6 is 0 Å². The molecule has 3 heteroatoms. The second kappa shape index (κ2) is 4.85. The summed E-state index contributed by atoms with van der Waals surface area (Å²) >= 11 is 0. The van der Waals surface area contributed by atoms with Crippen LogP contribution in [0.25, 0.3) is 6.08 Å². The summed E-state index contributed by atoms with van der Waals surface area (Å²) in [5.41, 5.74) is 1.95. The molecule has 3 rings (SSSR count). The van der Waals surface area contributed by atoms with Gasteiger partial charge in [0.25, 0.3) is 0 Å². The number of ether oxygens (including phenoxy) is 1. The van der Waals surface area contributed by atoms with Gasteiger partial charge in [-0.25, -0.2) is 4.79 Å². The molecule has 3 nitrogen and oxygen atoms in total. The van der Waals surface area contributed by atoms with Crippen molar-refractivity contribution in [1.82, 2.24) is 5.32 Å². The molecular formula is C17H15NO2. The molecule has 1 aliphatic rings. The van der Waals surface area contributed by atoms with Crippen LogP contribution in [0.4, 0.5) is 4.79 Å². The van der Waals surface area contributed by atoms with Gasteiger partial charge in [-0.1, -0.05) is 60.7 Å². The molecule has 1 atom stereocenters. The number of amides is 1. The fraction of sp³-hybridized carbons (Fsp3) is 0.118. The molecule has 2 aromatic carbocycles. The zero-order valence-electron chi connectivity index (χ0n) is 11.2. The first-order chi connectivity index (χ1) is 9.68. The second-order valence-electron chi connectivity index (χ2n) is 4.88. The minimum atomic E-state index is -0.770. The Morgan fingerprint density at radius 2 is 1.60 bits per heavy atom. The SMILES string of the molecule is C[C@]1(c2ccccc2)OC(=O)N/C1=C\c1ccccc1. The molecule has 0 unspecified atom stereocenters. The van der Waals surface area contributed by atoms with E-state index < -0.39 is 11.7 Å². The molecule has 0 radical (unpaired) electrons. The lowest BCUT2D eigenvalue weighted by atomic mass is 9.91. The Bertz CT molecular complexity index is 649. The third kappa shape index (κ3) is 2.18. The van der Waals surface area contributed by atoms with Crippen molar-refractivity contribution in [2.24, 2.45) is 0 Å². The van der Waals surface area contributed by atoms with E-state index in [-0.39, 0.29) is 0 Å². The van der Waals surface area contributed by atoms with E-state index in [2.05, 4.69) is 5.32 Å². The Labute approximate surface area is 117 Å². The molecule has 0 bridgehead atoms. The van der Waals surface area contributed by atoms with Crippen molar-refractivity contribution in [3.05, 3.63) is 77.5 Å². The quantitative estimate of drug-likeness (QED) is 0.899. The van der Waals surface area contributed by atoms with Gasteiger partial charge in [0, 0.05) is 5.56 Å². The topological polar surface area (TPSA) is 38.3 Å². The summed E-state index contributed by atoms with van der Waals surface area (Å²) in [5, 5.41) is 2.79. The largest absolute Gasteiger partial charge is 0.432 e. The number of hydrogen-bond acceptors (Lipinski definition) is 2. The zero-order valence-corrected chi connectivity index (χ0v) is 11.2. The van der Waals surface area contributed by atoms with Gasteiger partial charge in [-0.05, 0) is 18.6 Å². The molecule has 0 aromatic heterocycles. The number of rotatable bonds is 2. The summed E-state index contributed by atoms with van der Waals surface area (Å²) in [4.78, 5) is 11.7. The number of carbonyl (C=O) groups is 1. The van der Waals surface area contributed by atoms with Crippen molar-refractivity contribution in [3.8, 4) is 0 Å². The van der Waals surface area contributed by atoms with Gasteiger partial charge < -0.3 is 4.74 Å². The molecule has 0 saturated carbocycles. The molecule has 0 aliphatic carbocycles. The minimum absolute atomic E-state index is 0.418. The number of nitrogens with one attached hydrogen (secondary N) is 1. The van der Waals surface area contributed by atoms with Crippen molar-refractivity contribution in [2.75, 3.05) is 0 Å². The van der Waals surface area contributed by atoms with Gasteiger partial charge in [0.1, 0.15) is 0 Å². The lowest BCUT2D eigenvalue weighted by Gasteiger charge is -2.23. The van der Waals surface area contributed by atoms with Crippen LogP contribution in [-0.2, 0) is 10.3 Å². The van der Waals surface area contributed by atoms with Gasteiger partial charge in [0.15, 0.2) is 5.60 Å². The van der Waals surface area contributed by atoms with E-state index in [0.29, 0.717) is 0 Å². The monoisotopic (exact) mass is 265 g/mol. The van der Waals surface area contributed by atoms with Crippen LogP contribution in [0.2, 0.25) is 0 Å². The van der Waals surface area contributed by atoms with Gasteiger partial charge >= 0.3 is 6.09 Å². The number of hydrogen-bond donors (Lipinski definition) is 1. The number of carbonyl (C=O) groups excluding carboxylic acids is 1. The van der Waals surface area contributed by atoms with E-state index in [4.69, 9.17) is 4.74 Å². The van der Waals surface area contributed by atoms with Crippen molar-refractivity contribution in [3.63, 3.8) is 0 Å². The number of cyclic esters (lactones) is 1. The Balaban J connectivity index is 2.05. The van der Waals surface area contributed by atoms with Crippen molar-refractivity contribution < 1.29 is 9.53 Å². The molecule has 1 heterocycles. The van der Waals surface area contributed by atoms with Gasteiger partial charge in [-0.15, -0.1) is 0 Å². The van der Waals surface area contributed by atoms with E-state index in [9.17, 15) is 4.79 Å². The molecular weight excluding hydrogens is 250 g/mol. The summed E-state index contributed by atoms with van der Waals surface area (Å²) in [6, 6.07) is 19.6. The van der Waals surface area contributed by atoms with Crippen molar-refractivity contribution in [1.29, 1.82) is 0 Å². The van der Waals surface area contributed by atoms with Crippen LogP contribution in [0.1, 0.15) is 18.1 Å². The highest BCUT2D eigenvalue weighted by Gasteiger charge is 2.42. The lowest BCUT2D eigenvalue weighted by molar-refractivity contribution is 0.0836. The van der Waals surface area contributed by atoms with Crippen LogP contribution in [0.15, 0.2) is 66.4 Å². The van der Waals surface area contributed by atoms with Gasteiger partial charge in [-0.2, -0.15) is 0 Å². The van der Waals surface area contributed by atoms with E-state index in [1.807, 2.05) is 73.7 Å². The maximum absolute atomic E-state index is 11.7. The Morgan fingerprint density at radius 3 is 2.25 bits per heavy atom. The maximum Gasteiger partial charge on any atom is 0.412 e. The van der Waals surface area contributed by atoms with E-state index in [1.165, 1.54) is 0 Å². The molecule has 0 spiro atoms.